The SMILES string of the molecule is CCCCCC(=O)Oc1ccc(C(C(C)C(C)OC(=O)CC)[C@H](N)C(=O)O)cc1OC(=O)CCCCC. The third kappa shape index (κ3) is 10.9. The van der Waals surface area contributed by atoms with E-state index in [1.165, 1.54) is 12.1 Å². The molecule has 0 aromatic heterocycles. The summed E-state index contributed by atoms with van der Waals surface area (Å²) in [6, 6.07) is 3.25. The van der Waals surface area contributed by atoms with Gasteiger partial charge in [0.1, 0.15) is 12.1 Å². The molecule has 0 heterocycles. The van der Waals surface area contributed by atoms with Crippen molar-refractivity contribution in [3.63, 3.8) is 0 Å². The lowest BCUT2D eigenvalue weighted by Gasteiger charge is -2.31. The van der Waals surface area contributed by atoms with Crippen molar-refractivity contribution in [3.8, 4) is 11.5 Å². The van der Waals surface area contributed by atoms with Crippen molar-refractivity contribution in [2.24, 2.45) is 11.7 Å². The van der Waals surface area contributed by atoms with E-state index in [1.54, 1.807) is 26.8 Å². The highest BCUT2D eigenvalue weighted by Gasteiger charge is 2.35. The highest BCUT2D eigenvalue weighted by Crippen LogP contribution is 2.37. The lowest BCUT2D eigenvalue weighted by atomic mass is 9.79. The number of hydrogen-bond donors (Lipinski definition) is 2. The van der Waals surface area contributed by atoms with Crippen molar-refractivity contribution in [2.75, 3.05) is 0 Å². The maximum absolute atomic E-state index is 12.5. The van der Waals surface area contributed by atoms with Gasteiger partial charge in [-0.25, -0.2) is 0 Å². The van der Waals surface area contributed by atoms with E-state index < -0.39 is 47.9 Å². The maximum Gasteiger partial charge on any atom is 0.321 e. The summed E-state index contributed by atoms with van der Waals surface area (Å²) in [6.45, 7) is 9.16. The van der Waals surface area contributed by atoms with E-state index in [0.717, 1.165) is 25.7 Å². The zero-order valence-electron chi connectivity index (χ0n) is 22.8. The fourth-order valence-corrected chi connectivity index (χ4v) is 3.96. The Labute approximate surface area is 220 Å². The Bertz CT molecular complexity index is 900. The second-order valence-corrected chi connectivity index (χ2v) is 9.37. The largest absolute Gasteiger partial charge is 0.480 e. The van der Waals surface area contributed by atoms with Crippen molar-refractivity contribution in [2.45, 2.75) is 110 Å². The van der Waals surface area contributed by atoms with Gasteiger partial charge in [-0.3, -0.25) is 19.2 Å². The first kappa shape index (κ1) is 32.1. The monoisotopic (exact) mass is 521 g/mol. The van der Waals surface area contributed by atoms with Crippen molar-refractivity contribution in [1.82, 2.24) is 0 Å². The number of unbranched alkanes of at least 4 members (excludes halogenated alkanes) is 4. The molecule has 1 rings (SSSR count). The van der Waals surface area contributed by atoms with Crippen LogP contribution in [0.25, 0.3) is 0 Å². The molecule has 3 unspecified atom stereocenters. The molecule has 0 aliphatic heterocycles. The number of ether oxygens (including phenoxy) is 3. The Morgan fingerprint density at radius 3 is 1.86 bits per heavy atom. The van der Waals surface area contributed by atoms with Gasteiger partial charge in [-0.15, -0.1) is 0 Å². The topological polar surface area (TPSA) is 142 Å². The van der Waals surface area contributed by atoms with Crippen LogP contribution in [0.1, 0.15) is 104 Å². The fraction of sp³-hybridized carbons (Fsp3) is 0.643. The third-order valence-corrected chi connectivity index (χ3v) is 6.35. The molecule has 0 aliphatic rings. The Kier molecular flexibility index (Phi) is 14.5. The van der Waals surface area contributed by atoms with Gasteiger partial charge in [0.05, 0.1) is 0 Å². The van der Waals surface area contributed by atoms with Crippen LogP contribution in [0.3, 0.4) is 0 Å². The molecule has 0 fully saturated rings. The molecule has 9 heteroatoms. The van der Waals surface area contributed by atoms with Gasteiger partial charge < -0.3 is 25.1 Å². The van der Waals surface area contributed by atoms with Gasteiger partial charge in [-0.1, -0.05) is 59.4 Å². The summed E-state index contributed by atoms with van der Waals surface area (Å²) in [5, 5.41) is 9.70. The van der Waals surface area contributed by atoms with Crippen LogP contribution in [0, 0.1) is 5.92 Å². The van der Waals surface area contributed by atoms with Crippen molar-refractivity contribution in [1.29, 1.82) is 0 Å². The van der Waals surface area contributed by atoms with Crippen LogP contribution in [0.15, 0.2) is 18.2 Å². The molecule has 3 N–H and O–H groups in total. The molecule has 0 radical (unpaired) electrons. The summed E-state index contributed by atoms with van der Waals surface area (Å²) >= 11 is 0. The van der Waals surface area contributed by atoms with Gasteiger partial charge in [-0.05, 0) is 37.5 Å². The Morgan fingerprint density at radius 2 is 1.38 bits per heavy atom. The zero-order chi connectivity index (χ0) is 28.0. The molecule has 1 aromatic carbocycles. The average molecular weight is 522 g/mol. The maximum atomic E-state index is 12.5. The summed E-state index contributed by atoms with van der Waals surface area (Å²) in [5.41, 5.74) is 6.54. The number of esters is 3. The van der Waals surface area contributed by atoms with Crippen molar-refractivity contribution < 1.29 is 38.5 Å². The normalized spacial score (nSPS) is 14.2. The Morgan fingerprint density at radius 1 is 0.838 bits per heavy atom. The van der Waals surface area contributed by atoms with Crippen LogP contribution in [-0.2, 0) is 23.9 Å². The first-order valence-electron chi connectivity index (χ1n) is 13.3. The molecule has 0 amide bonds. The molecule has 0 saturated carbocycles. The van der Waals surface area contributed by atoms with E-state index in [4.69, 9.17) is 19.9 Å². The van der Waals surface area contributed by atoms with Crippen molar-refractivity contribution in [3.05, 3.63) is 23.8 Å². The first-order chi connectivity index (χ1) is 17.5. The van der Waals surface area contributed by atoms with E-state index in [1.807, 2.05) is 13.8 Å². The lowest BCUT2D eigenvalue weighted by molar-refractivity contribution is -0.151. The van der Waals surface area contributed by atoms with E-state index in [0.29, 0.717) is 18.4 Å². The number of carboxylic acid groups (broad SMARTS) is 1. The number of aliphatic carboxylic acids is 1. The van der Waals surface area contributed by atoms with Gasteiger partial charge in [0.15, 0.2) is 11.5 Å². The predicted molar refractivity (Wildman–Crippen MR) is 139 cm³/mol. The van der Waals surface area contributed by atoms with Crippen molar-refractivity contribution >= 4 is 23.9 Å². The smallest absolute Gasteiger partial charge is 0.321 e. The predicted octanol–water partition coefficient (Wildman–Crippen LogP) is 5.13. The van der Waals surface area contributed by atoms with Gasteiger partial charge in [-0.2, -0.15) is 0 Å². The van der Waals surface area contributed by atoms with Gasteiger partial charge in [0.25, 0.3) is 0 Å². The van der Waals surface area contributed by atoms with Crippen LogP contribution >= 0.6 is 0 Å². The van der Waals surface area contributed by atoms with Gasteiger partial charge in [0, 0.05) is 31.1 Å². The van der Waals surface area contributed by atoms with Crippen LogP contribution < -0.4 is 15.2 Å². The summed E-state index contributed by atoms with van der Waals surface area (Å²) in [4.78, 5) is 48.6. The number of carbonyl (C=O) groups is 4. The molecule has 1 aromatic rings. The van der Waals surface area contributed by atoms with E-state index >= 15 is 0 Å². The molecule has 0 bridgehead atoms. The summed E-state index contributed by atoms with van der Waals surface area (Å²) in [6.07, 6.45) is 4.98. The van der Waals surface area contributed by atoms with Crippen LogP contribution in [-0.4, -0.2) is 41.1 Å². The average Bonchev–Trinajstić information content (AvgIpc) is 2.85. The molecule has 0 aliphatic carbocycles. The number of nitrogens with two attached hydrogens (primary N) is 1. The lowest BCUT2D eigenvalue weighted by Crippen LogP contribution is -2.42. The highest BCUT2D eigenvalue weighted by atomic mass is 16.6. The minimum Gasteiger partial charge on any atom is -0.480 e. The molecular formula is C28H43NO8. The molecule has 4 atom stereocenters. The third-order valence-electron chi connectivity index (χ3n) is 6.35. The molecule has 208 valence electrons. The molecule has 0 saturated heterocycles. The Balaban J connectivity index is 3.37. The molecule has 0 spiro atoms. The fourth-order valence-electron chi connectivity index (χ4n) is 3.96. The van der Waals surface area contributed by atoms with E-state index in [2.05, 4.69) is 0 Å². The minimum atomic E-state index is -1.33. The van der Waals surface area contributed by atoms with Crippen LogP contribution in [0.4, 0.5) is 0 Å². The second kappa shape index (κ2) is 16.7. The number of benzene rings is 1. The minimum absolute atomic E-state index is 0.0239. The highest BCUT2D eigenvalue weighted by molar-refractivity contribution is 5.77. The number of carboxylic acids is 1. The molecule has 9 nitrogen and oxygen atoms in total. The number of carbonyl (C=O) groups excluding carboxylic acids is 3. The van der Waals surface area contributed by atoms with Crippen LogP contribution in [0.2, 0.25) is 0 Å². The summed E-state index contributed by atoms with van der Waals surface area (Å²) in [7, 11) is 0. The molecule has 37 heavy (non-hydrogen) atoms. The summed E-state index contributed by atoms with van der Waals surface area (Å²) < 4.78 is 16.5. The second-order valence-electron chi connectivity index (χ2n) is 9.37. The van der Waals surface area contributed by atoms with Crippen LogP contribution in [0.5, 0.6) is 11.5 Å². The first-order valence-corrected chi connectivity index (χ1v) is 13.3. The summed E-state index contributed by atoms with van der Waals surface area (Å²) in [5.74, 6) is -3.74. The van der Waals surface area contributed by atoms with E-state index in [-0.39, 0.29) is 30.8 Å². The zero-order valence-corrected chi connectivity index (χ0v) is 22.8. The van der Waals surface area contributed by atoms with E-state index in [9.17, 15) is 24.3 Å². The van der Waals surface area contributed by atoms with Gasteiger partial charge in [0.2, 0.25) is 0 Å². The number of rotatable bonds is 17. The Hall–Kier alpha value is -2.94. The standard InChI is InChI=1S/C28H43NO8/c1-6-9-11-13-24(31)36-21-16-15-20(17-22(21)37-25(32)14-12-10-7-2)26(27(29)28(33)34)18(4)19(5)35-23(30)8-3/h15-19,26-27H,6-14,29H2,1-5H3,(H,33,34)/t18?,19?,26?,27-/m0/s1. The van der Waals surface area contributed by atoms with Gasteiger partial charge >= 0.3 is 23.9 Å². The number of hydrogen-bond acceptors (Lipinski definition) is 8. The molecular weight excluding hydrogens is 478 g/mol. The quantitative estimate of drug-likeness (QED) is 0.162.